The molecule has 4 aromatic rings. The van der Waals surface area contributed by atoms with Crippen molar-refractivity contribution in [2.75, 3.05) is 10.6 Å². The number of nitrogens with zero attached hydrogens (tertiary/aromatic N) is 4. The Balaban J connectivity index is 1.36. The number of urea groups is 1. The topological polar surface area (TPSA) is 101 Å². The number of halogens is 1. The van der Waals surface area contributed by atoms with Crippen molar-refractivity contribution in [2.24, 2.45) is 0 Å². The first-order chi connectivity index (χ1) is 14.1. The molecule has 11 heteroatoms. The lowest BCUT2D eigenvalue weighted by atomic mass is 10.3. The Morgan fingerprint density at radius 1 is 1.14 bits per heavy atom. The standard InChI is InChI=1S/C18H13ClN6O2S2/c19-11-4-6-12(7-5-11)21-16(27)22-17-23-24-18(29-17)28-10-13-9-15(26)25-8-2-1-3-14(25)20-13/h1-9H,10H2,(H2,21,22,23,27). The van der Waals surface area contributed by atoms with E-state index in [1.54, 1.807) is 42.6 Å². The lowest BCUT2D eigenvalue weighted by molar-refractivity contribution is 0.262. The van der Waals surface area contributed by atoms with Crippen molar-refractivity contribution in [3.63, 3.8) is 0 Å². The number of rotatable bonds is 5. The summed E-state index contributed by atoms with van der Waals surface area (Å²) in [5.74, 6) is 0.465. The second-order valence-electron chi connectivity index (χ2n) is 5.76. The normalized spacial score (nSPS) is 10.8. The Hall–Kier alpha value is -2.95. The van der Waals surface area contributed by atoms with Gasteiger partial charge in [0.25, 0.3) is 5.56 Å². The number of pyridine rings is 1. The van der Waals surface area contributed by atoms with Gasteiger partial charge in [-0.1, -0.05) is 40.8 Å². The predicted octanol–water partition coefficient (Wildman–Crippen LogP) is 4.14. The van der Waals surface area contributed by atoms with Crippen LogP contribution in [0.5, 0.6) is 0 Å². The maximum Gasteiger partial charge on any atom is 0.325 e. The van der Waals surface area contributed by atoms with Crippen LogP contribution < -0.4 is 16.2 Å². The number of nitrogens with one attached hydrogen (secondary N) is 2. The van der Waals surface area contributed by atoms with Gasteiger partial charge in [-0.2, -0.15) is 0 Å². The van der Waals surface area contributed by atoms with Crippen LogP contribution in [0.1, 0.15) is 5.69 Å². The minimum atomic E-state index is -0.427. The number of hydrogen-bond acceptors (Lipinski definition) is 7. The van der Waals surface area contributed by atoms with E-state index < -0.39 is 6.03 Å². The molecule has 0 saturated heterocycles. The first-order valence-corrected chi connectivity index (χ1v) is 10.5. The highest BCUT2D eigenvalue weighted by molar-refractivity contribution is 8.00. The van der Waals surface area contributed by atoms with Crippen LogP contribution in [-0.4, -0.2) is 25.6 Å². The van der Waals surface area contributed by atoms with E-state index in [0.717, 1.165) is 0 Å². The molecule has 2 N–H and O–H groups in total. The number of hydrogen-bond donors (Lipinski definition) is 2. The number of amides is 2. The van der Waals surface area contributed by atoms with E-state index in [1.165, 1.54) is 33.6 Å². The van der Waals surface area contributed by atoms with Crippen LogP contribution >= 0.6 is 34.7 Å². The summed E-state index contributed by atoms with van der Waals surface area (Å²) in [7, 11) is 0. The molecule has 0 aliphatic carbocycles. The summed E-state index contributed by atoms with van der Waals surface area (Å²) in [6.07, 6.45) is 1.68. The van der Waals surface area contributed by atoms with Gasteiger partial charge in [0.2, 0.25) is 5.13 Å². The van der Waals surface area contributed by atoms with Gasteiger partial charge in [-0.25, -0.2) is 9.78 Å². The number of fused-ring (bicyclic) bond motifs is 1. The fourth-order valence-electron chi connectivity index (χ4n) is 2.42. The highest BCUT2D eigenvalue weighted by Crippen LogP contribution is 2.27. The fraction of sp³-hybridized carbons (Fsp3) is 0.0556. The van der Waals surface area contributed by atoms with E-state index in [1.807, 2.05) is 6.07 Å². The van der Waals surface area contributed by atoms with E-state index in [9.17, 15) is 9.59 Å². The van der Waals surface area contributed by atoms with Gasteiger partial charge in [-0.3, -0.25) is 14.5 Å². The molecule has 0 unspecified atom stereocenters. The lowest BCUT2D eigenvalue weighted by Gasteiger charge is -2.04. The molecular weight excluding hydrogens is 432 g/mol. The molecule has 0 atom stereocenters. The van der Waals surface area contributed by atoms with E-state index in [2.05, 4.69) is 25.8 Å². The molecule has 146 valence electrons. The van der Waals surface area contributed by atoms with Crippen LogP contribution in [0.15, 0.2) is 63.9 Å². The number of anilines is 2. The molecule has 0 aliphatic rings. The van der Waals surface area contributed by atoms with Crippen molar-refractivity contribution in [3.05, 3.63) is 75.8 Å². The summed E-state index contributed by atoms with van der Waals surface area (Å²) in [6, 6.07) is 13.2. The van der Waals surface area contributed by atoms with Crippen molar-refractivity contribution in [3.8, 4) is 0 Å². The maximum absolute atomic E-state index is 12.1. The number of carbonyl (C=O) groups excluding carboxylic acids is 1. The largest absolute Gasteiger partial charge is 0.325 e. The van der Waals surface area contributed by atoms with Gasteiger partial charge < -0.3 is 5.32 Å². The summed E-state index contributed by atoms with van der Waals surface area (Å²) >= 11 is 8.45. The van der Waals surface area contributed by atoms with Crippen LogP contribution in [-0.2, 0) is 5.75 Å². The van der Waals surface area contributed by atoms with Crippen molar-refractivity contribution >= 4 is 57.2 Å². The molecule has 0 bridgehead atoms. The minimum absolute atomic E-state index is 0.135. The smallest absolute Gasteiger partial charge is 0.308 e. The quantitative estimate of drug-likeness (QED) is 0.354. The second kappa shape index (κ2) is 8.60. The first-order valence-electron chi connectivity index (χ1n) is 8.34. The Morgan fingerprint density at radius 3 is 2.79 bits per heavy atom. The van der Waals surface area contributed by atoms with Gasteiger partial charge in [0.15, 0.2) is 4.34 Å². The highest BCUT2D eigenvalue weighted by atomic mass is 35.5. The zero-order valence-electron chi connectivity index (χ0n) is 14.7. The molecule has 8 nitrogen and oxygen atoms in total. The van der Waals surface area contributed by atoms with E-state index in [4.69, 9.17) is 11.6 Å². The molecule has 2 amide bonds. The molecule has 0 aliphatic heterocycles. The summed E-state index contributed by atoms with van der Waals surface area (Å²) in [6.45, 7) is 0. The average Bonchev–Trinajstić information content (AvgIpc) is 3.15. The molecule has 0 saturated carbocycles. The Bertz CT molecular complexity index is 1220. The lowest BCUT2D eigenvalue weighted by Crippen LogP contribution is -2.19. The highest BCUT2D eigenvalue weighted by Gasteiger charge is 2.10. The molecule has 0 radical (unpaired) electrons. The third-order valence-corrected chi connectivity index (χ3v) is 5.95. The average molecular weight is 445 g/mol. The maximum atomic E-state index is 12.1. The third-order valence-electron chi connectivity index (χ3n) is 3.70. The molecule has 29 heavy (non-hydrogen) atoms. The predicted molar refractivity (Wildman–Crippen MR) is 115 cm³/mol. The Labute approximate surface area is 178 Å². The van der Waals surface area contributed by atoms with Gasteiger partial charge in [-0.05, 0) is 36.4 Å². The Kier molecular flexibility index (Phi) is 5.74. The van der Waals surface area contributed by atoms with Crippen molar-refractivity contribution in [1.29, 1.82) is 0 Å². The molecule has 1 aromatic carbocycles. The SMILES string of the molecule is O=C(Nc1ccc(Cl)cc1)Nc1nnc(SCc2cc(=O)n3ccccc3n2)s1. The van der Waals surface area contributed by atoms with Gasteiger partial charge in [0, 0.05) is 28.7 Å². The van der Waals surface area contributed by atoms with Crippen LogP contribution in [0, 0.1) is 0 Å². The van der Waals surface area contributed by atoms with Crippen LogP contribution in [0.2, 0.25) is 5.02 Å². The van der Waals surface area contributed by atoms with E-state index in [-0.39, 0.29) is 5.56 Å². The first kappa shape index (κ1) is 19.4. The molecule has 3 heterocycles. The summed E-state index contributed by atoms with van der Waals surface area (Å²) in [5, 5.41) is 14.3. The Morgan fingerprint density at radius 2 is 1.97 bits per heavy atom. The second-order valence-corrected chi connectivity index (χ2v) is 8.40. The number of thioether (sulfide) groups is 1. The molecule has 0 fully saturated rings. The molecular formula is C18H13ClN6O2S2. The molecule has 0 spiro atoms. The van der Waals surface area contributed by atoms with Crippen molar-refractivity contribution in [1.82, 2.24) is 19.6 Å². The minimum Gasteiger partial charge on any atom is -0.308 e. The van der Waals surface area contributed by atoms with Gasteiger partial charge in [-0.15, -0.1) is 10.2 Å². The monoisotopic (exact) mass is 444 g/mol. The van der Waals surface area contributed by atoms with Crippen molar-refractivity contribution in [2.45, 2.75) is 10.1 Å². The summed E-state index contributed by atoms with van der Waals surface area (Å²) in [5.41, 5.74) is 1.72. The van der Waals surface area contributed by atoms with E-state index in [0.29, 0.717) is 37.3 Å². The third kappa shape index (κ3) is 4.91. The zero-order chi connectivity index (χ0) is 20.2. The number of aromatic nitrogens is 4. The molecule has 4 rings (SSSR count). The van der Waals surface area contributed by atoms with E-state index >= 15 is 0 Å². The van der Waals surface area contributed by atoms with Crippen LogP contribution in [0.25, 0.3) is 5.65 Å². The number of benzene rings is 1. The molecule has 3 aromatic heterocycles. The van der Waals surface area contributed by atoms with Gasteiger partial charge in [0.05, 0.1) is 5.69 Å². The van der Waals surface area contributed by atoms with Crippen molar-refractivity contribution < 1.29 is 4.79 Å². The van der Waals surface area contributed by atoms with Crippen LogP contribution in [0.4, 0.5) is 15.6 Å². The van der Waals surface area contributed by atoms with Gasteiger partial charge >= 0.3 is 6.03 Å². The number of carbonyl (C=O) groups is 1. The van der Waals surface area contributed by atoms with Gasteiger partial charge in [0.1, 0.15) is 5.65 Å². The fourth-order valence-corrected chi connectivity index (χ4v) is 4.19. The summed E-state index contributed by atoms with van der Waals surface area (Å²) < 4.78 is 2.14. The summed E-state index contributed by atoms with van der Waals surface area (Å²) in [4.78, 5) is 28.6. The van der Waals surface area contributed by atoms with Crippen LogP contribution in [0.3, 0.4) is 0 Å². The zero-order valence-corrected chi connectivity index (χ0v) is 17.1.